The Balaban J connectivity index is 1.62. The first-order valence-corrected chi connectivity index (χ1v) is 9.75. The van der Waals surface area contributed by atoms with Crippen LogP contribution in [0.15, 0.2) is 66.7 Å². The summed E-state index contributed by atoms with van der Waals surface area (Å²) in [6.45, 7) is 1.95. The molecular formula is C23H20ClNO3. The van der Waals surface area contributed by atoms with Crippen LogP contribution in [0.2, 0.25) is 5.02 Å². The van der Waals surface area contributed by atoms with Crippen LogP contribution < -0.4 is 4.90 Å². The lowest BCUT2D eigenvalue weighted by Gasteiger charge is -2.29. The highest BCUT2D eigenvalue weighted by molar-refractivity contribution is 6.30. The number of allylic oxidation sites excluding steroid dienone is 2. The highest BCUT2D eigenvalue weighted by Gasteiger charge is 2.54. The van der Waals surface area contributed by atoms with Crippen LogP contribution in [0, 0.1) is 23.7 Å². The van der Waals surface area contributed by atoms with Crippen LogP contribution in [0.25, 0.3) is 0 Å². The fourth-order valence-electron chi connectivity index (χ4n) is 4.27. The number of amides is 2. The van der Waals surface area contributed by atoms with E-state index < -0.39 is 11.8 Å². The van der Waals surface area contributed by atoms with Gasteiger partial charge in [0.15, 0.2) is 5.78 Å². The van der Waals surface area contributed by atoms with Crippen LogP contribution in [0.3, 0.4) is 0 Å². The van der Waals surface area contributed by atoms with E-state index in [0.29, 0.717) is 16.3 Å². The average molecular weight is 394 g/mol. The van der Waals surface area contributed by atoms with Crippen LogP contribution in [0.4, 0.5) is 5.69 Å². The van der Waals surface area contributed by atoms with Gasteiger partial charge in [-0.2, -0.15) is 0 Å². The van der Waals surface area contributed by atoms with E-state index in [-0.39, 0.29) is 35.9 Å². The number of carbonyl (C=O) groups is 3. The second-order valence-electron chi connectivity index (χ2n) is 7.44. The number of fused-ring (bicyclic) bond motifs is 1. The second-order valence-corrected chi connectivity index (χ2v) is 7.88. The van der Waals surface area contributed by atoms with Gasteiger partial charge in [-0.05, 0) is 48.2 Å². The third-order valence-corrected chi connectivity index (χ3v) is 5.94. The lowest BCUT2D eigenvalue weighted by Crippen LogP contribution is -2.33. The molecule has 5 heteroatoms. The Morgan fingerprint density at radius 3 is 2.25 bits per heavy atom. The Bertz CT molecular complexity index is 952. The normalized spacial score (nSPS) is 26.4. The van der Waals surface area contributed by atoms with Gasteiger partial charge in [0.25, 0.3) is 0 Å². The summed E-state index contributed by atoms with van der Waals surface area (Å²) in [5, 5.41) is 0.568. The van der Waals surface area contributed by atoms with Gasteiger partial charge in [-0.15, -0.1) is 0 Å². The number of Topliss-reactive ketones (excluding diaryl/α,β-unsaturated/α-hetero) is 1. The maximum Gasteiger partial charge on any atom is 0.238 e. The molecule has 2 unspecified atom stereocenters. The van der Waals surface area contributed by atoms with Gasteiger partial charge in [0.2, 0.25) is 11.8 Å². The molecule has 4 nitrogen and oxygen atoms in total. The van der Waals surface area contributed by atoms with Crippen molar-refractivity contribution in [2.75, 3.05) is 4.90 Å². The van der Waals surface area contributed by atoms with Crippen molar-refractivity contribution < 1.29 is 14.4 Å². The Hall–Kier alpha value is -2.72. The summed E-state index contributed by atoms with van der Waals surface area (Å²) in [7, 11) is 0. The molecule has 1 heterocycles. The molecule has 2 aliphatic rings. The molecule has 2 aromatic rings. The Morgan fingerprint density at radius 2 is 1.57 bits per heavy atom. The number of benzene rings is 2. The van der Waals surface area contributed by atoms with Crippen molar-refractivity contribution >= 4 is 34.9 Å². The second kappa shape index (κ2) is 7.36. The van der Waals surface area contributed by atoms with E-state index in [0.717, 1.165) is 0 Å². The Kier molecular flexibility index (Phi) is 4.90. The summed E-state index contributed by atoms with van der Waals surface area (Å²) in [5.41, 5.74) is 1.14. The monoisotopic (exact) mass is 393 g/mol. The zero-order valence-electron chi connectivity index (χ0n) is 15.4. The van der Waals surface area contributed by atoms with Crippen LogP contribution in [-0.2, 0) is 9.59 Å². The summed E-state index contributed by atoms with van der Waals surface area (Å²) >= 11 is 5.90. The summed E-state index contributed by atoms with van der Waals surface area (Å²) in [6, 6.07) is 15.7. The number of hydrogen-bond acceptors (Lipinski definition) is 3. The molecule has 28 heavy (non-hydrogen) atoms. The molecule has 1 fully saturated rings. The van der Waals surface area contributed by atoms with Gasteiger partial charge in [-0.1, -0.05) is 48.9 Å². The van der Waals surface area contributed by atoms with E-state index in [9.17, 15) is 14.4 Å². The number of para-hydroxylation sites is 1. The molecule has 0 bridgehead atoms. The largest absolute Gasteiger partial charge is 0.294 e. The molecule has 1 saturated heterocycles. The average Bonchev–Trinajstić information content (AvgIpc) is 2.97. The Labute approximate surface area is 168 Å². The van der Waals surface area contributed by atoms with E-state index in [2.05, 4.69) is 0 Å². The van der Waals surface area contributed by atoms with Crippen LogP contribution in [0.1, 0.15) is 23.7 Å². The maximum absolute atomic E-state index is 13.2. The predicted molar refractivity (Wildman–Crippen MR) is 108 cm³/mol. The Morgan fingerprint density at radius 1 is 0.929 bits per heavy atom. The zero-order valence-corrected chi connectivity index (χ0v) is 16.2. The number of rotatable bonds is 4. The molecule has 0 radical (unpaired) electrons. The maximum atomic E-state index is 13.2. The minimum absolute atomic E-state index is 0.0444. The lowest BCUT2D eigenvalue weighted by molar-refractivity contribution is -0.122. The SMILES string of the molecule is C[C@@H]1C=C[C@H](CC(=O)c2ccc(Cl)cc2)C2C(=O)N(c3ccccc3)C(=O)C21. The van der Waals surface area contributed by atoms with Gasteiger partial charge < -0.3 is 0 Å². The molecule has 1 aliphatic heterocycles. The number of halogens is 1. The minimum Gasteiger partial charge on any atom is -0.294 e. The van der Waals surface area contributed by atoms with Gasteiger partial charge in [-0.3, -0.25) is 19.3 Å². The fraction of sp³-hybridized carbons (Fsp3) is 0.261. The standard InChI is InChI=1S/C23H20ClNO3/c1-14-7-8-16(13-19(26)15-9-11-17(24)12-10-15)21-20(14)22(27)25(23(21)28)18-5-3-2-4-6-18/h2-12,14,16,20-21H,13H2,1H3/t14-,16-,20?,21?/m1/s1. The number of nitrogens with zero attached hydrogens (tertiary/aromatic N) is 1. The lowest BCUT2D eigenvalue weighted by atomic mass is 9.70. The number of anilines is 1. The first-order valence-electron chi connectivity index (χ1n) is 9.37. The summed E-state index contributed by atoms with van der Waals surface area (Å²) < 4.78 is 0. The molecular weight excluding hydrogens is 374 g/mol. The van der Waals surface area contributed by atoms with Gasteiger partial charge in [0.1, 0.15) is 0 Å². The quantitative estimate of drug-likeness (QED) is 0.435. The van der Waals surface area contributed by atoms with Crippen molar-refractivity contribution in [3.63, 3.8) is 0 Å². The van der Waals surface area contributed by atoms with E-state index in [1.807, 2.05) is 25.1 Å². The highest BCUT2D eigenvalue weighted by Crippen LogP contribution is 2.44. The van der Waals surface area contributed by atoms with Crippen molar-refractivity contribution in [3.8, 4) is 0 Å². The topological polar surface area (TPSA) is 54.5 Å². The van der Waals surface area contributed by atoms with Crippen molar-refractivity contribution in [1.29, 1.82) is 0 Å². The molecule has 1 aliphatic carbocycles. The molecule has 0 aromatic heterocycles. The van der Waals surface area contributed by atoms with Crippen molar-refractivity contribution in [2.45, 2.75) is 13.3 Å². The molecule has 2 amide bonds. The van der Waals surface area contributed by atoms with E-state index in [1.54, 1.807) is 48.5 Å². The predicted octanol–water partition coefficient (Wildman–Crippen LogP) is 4.54. The highest BCUT2D eigenvalue weighted by atomic mass is 35.5. The smallest absolute Gasteiger partial charge is 0.238 e. The summed E-state index contributed by atoms with van der Waals surface area (Å²) in [5.74, 6) is -1.73. The van der Waals surface area contributed by atoms with Crippen molar-refractivity contribution in [1.82, 2.24) is 0 Å². The zero-order chi connectivity index (χ0) is 19.8. The molecule has 142 valence electrons. The van der Waals surface area contributed by atoms with Gasteiger partial charge in [-0.25, -0.2) is 0 Å². The fourth-order valence-corrected chi connectivity index (χ4v) is 4.39. The third-order valence-electron chi connectivity index (χ3n) is 5.69. The summed E-state index contributed by atoms with van der Waals surface area (Å²) in [6.07, 6.45) is 4.08. The van der Waals surface area contributed by atoms with Crippen molar-refractivity contribution in [2.24, 2.45) is 23.7 Å². The third kappa shape index (κ3) is 3.18. The molecule has 2 aromatic carbocycles. The van der Waals surface area contributed by atoms with E-state index in [1.165, 1.54) is 4.90 Å². The summed E-state index contributed by atoms with van der Waals surface area (Å²) in [4.78, 5) is 40.3. The molecule has 4 rings (SSSR count). The van der Waals surface area contributed by atoms with Crippen LogP contribution in [0.5, 0.6) is 0 Å². The van der Waals surface area contributed by atoms with Crippen LogP contribution in [-0.4, -0.2) is 17.6 Å². The minimum atomic E-state index is -0.510. The number of imide groups is 1. The van der Waals surface area contributed by atoms with E-state index in [4.69, 9.17) is 11.6 Å². The number of carbonyl (C=O) groups excluding carboxylic acids is 3. The van der Waals surface area contributed by atoms with Gasteiger partial charge in [0.05, 0.1) is 17.5 Å². The van der Waals surface area contributed by atoms with Gasteiger partial charge in [0, 0.05) is 17.0 Å². The molecule has 0 N–H and O–H groups in total. The first-order chi connectivity index (χ1) is 13.5. The molecule has 0 spiro atoms. The number of hydrogen-bond donors (Lipinski definition) is 0. The van der Waals surface area contributed by atoms with Gasteiger partial charge >= 0.3 is 0 Å². The molecule has 0 saturated carbocycles. The number of ketones is 1. The molecule has 4 atom stereocenters. The first kappa shape index (κ1) is 18.6. The van der Waals surface area contributed by atoms with Crippen LogP contribution >= 0.6 is 11.6 Å². The van der Waals surface area contributed by atoms with E-state index >= 15 is 0 Å². The van der Waals surface area contributed by atoms with Crippen molar-refractivity contribution in [3.05, 3.63) is 77.3 Å².